The maximum atomic E-state index is 11.9. The Bertz CT molecular complexity index is 624. The number of halogens is 1. The first-order valence-corrected chi connectivity index (χ1v) is 6.51. The Kier molecular flexibility index (Phi) is 4.47. The molecule has 1 aromatic heterocycles. The fourth-order valence-corrected chi connectivity index (χ4v) is 1.75. The fourth-order valence-electron chi connectivity index (χ4n) is 1.51. The molecule has 0 spiro atoms. The van der Waals surface area contributed by atoms with Crippen LogP contribution in [0.15, 0.2) is 47.1 Å². The summed E-state index contributed by atoms with van der Waals surface area (Å²) in [6.07, 6.45) is 1.55. The number of ether oxygens (including phenoxy) is 1. The van der Waals surface area contributed by atoms with Gasteiger partial charge in [-0.25, -0.2) is 9.78 Å². The molecule has 1 heterocycles. The highest BCUT2D eigenvalue weighted by Crippen LogP contribution is 2.12. The van der Waals surface area contributed by atoms with Crippen LogP contribution in [0.25, 0.3) is 0 Å². The van der Waals surface area contributed by atoms with Gasteiger partial charge in [-0.1, -0.05) is 0 Å². The van der Waals surface area contributed by atoms with Crippen molar-refractivity contribution in [2.75, 3.05) is 12.4 Å². The Labute approximate surface area is 124 Å². The SMILES string of the molecule is COC(=O)c1ccc(NC(=O)c2ccc(Br)cn2)cc1. The Morgan fingerprint density at radius 1 is 1.15 bits per heavy atom. The summed E-state index contributed by atoms with van der Waals surface area (Å²) in [6.45, 7) is 0. The largest absolute Gasteiger partial charge is 0.465 e. The molecule has 1 N–H and O–H groups in total. The highest BCUT2D eigenvalue weighted by Gasteiger charge is 2.09. The van der Waals surface area contributed by atoms with Crippen molar-refractivity contribution in [3.05, 3.63) is 58.3 Å². The average Bonchev–Trinajstić information content (AvgIpc) is 2.48. The van der Waals surface area contributed by atoms with Crippen molar-refractivity contribution < 1.29 is 14.3 Å². The topological polar surface area (TPSA) is 68.3 Å². The zero-order valence-corrected chi connectivity index (χ0v) is 12.2. The van der Waals surface area contributed by atoms with Crippen molar-refractivity contribution in [1.29, 1.82) is 0 Å². The molecule has 0 atom stereocenters. The monoisotopic (exact) mass is 334 g/mol. The molecule has 0 aliphatic heterocycles. The lowest BCUT2D eigenvalue weighted by atomic mass is 10.2. The van der Waals surface area contributed by atoms with Crippen LogP contribution < -0.4 is 5.32 Å². The van der Waals surface area contributed by atoms with E-state index in [9.17, 15) is 9.59 Å². The molecule has 6 heteroatoms. The van der Waals surface area contributed by atoms with E-state index >= 15 is 0 Å². The van der Waals surface area contributed by atoms with Crippen LogP contribution >= 0.6 is 15.9 Å². The first-order valence-electron chi connectivity index (χ1n) is 5.71. The van der Waals surface area contributed by atoms with E-state index in [1.54, 1.807) is 42.6 Å². The molecule has 0 unspecified atom stereocenters. The lowest BCUT2D eigenvalue weighted by Gasteiger charge is -2.05. The second-order valence-electron chi connectivity index (χ2n) is 3.88. The van der Waals surface area contributed by atoms with Crippen molar-refractivity contribution in [2.24, 2.45) is 0 Å². The number of aromatic nitrogens is 1. The van der Waals surface area contributed by atoms with Gasteiger partial charge >= 0.3 is 5.97 Å². The molecule has 102 valence electrons. The molecule has 2 aromatic rings. The summed E-state index contributed by atoms with van der Waals surface area (Å²) >= 11 is 3.25. The average molecular weight is 335 g/mol. The standard InChI is InChI=1S/C14H11BrN2O3/c1-20-14(19)9-2-5-11(6-3-9)17-13(18)12-7-4-10(15)8-16-12/h2-8H,1H3,(H,17,18). The van der Waals surface area contributed by atoms with Crippen molar-refractivity contribution in [2.45, 2.75) is 0 Å². The van der Waals surface area contributed by atoms with Gasteiger partial charge in [0.25, 0.3) is 5.91 Å². The molecular weight excluding hydrogens is 324 g/mol. The van der Waals surface area contributed by atoms with Gasteiger partial charge in [-0.2, -0.15) is 0 Å². The van der Waals surface area contributed by atoms with E-state index < -0.39 is 5.97 Å². The molecule has 1 aromatic carbocycles. The number of pyridine rings is 1. The zero-order valence-electron chi connectivity index (χ0n) is 10.6. The molecule has 0 fully saturated rings. The van der Waals surface area contributed by atoms with Crippen molar-refractivity contribution in [3.8, 4) is 0 Å². The van der Waals surface area contributed by atoms with Gasteiger partial charge in [-0.05, 0) is 52.3 Å². The highest BCUT2D eigenvalue weighted by atomic mass is 79.9. The van der Waals surface area contributed by atoms with Crippen LogP contribution in [-0.4, -0.2) is 24.0 Å². The maximum absolute atomic E-state index is 11.9. The number of nitrogens with zero attached hydrogens (tertiary/aromatic N) is 1. The maximum Gasteiger partial charge on any atom is 0.337 e. The van der Waals surface area contributed by atoms with Crippen LogP contribution in [0.4, 0.5) is 5.69 Å². The predicted molar refractivity (Wildman–Crippen MR) is 77.7 cm³/mol. The number of amides is 1. The van der Waals surface area contributed by atoms with Crippen molar-refractivity contribution >= 4 is 33.5 Å². The Balaban J connectivity index is 2.08. The van der Waals surface area contributed by atoms with Crippen LogP contribution in [0, 0.1) is 0 Å². The van der Waals surface area contributed by atoms with Gasteiger partial charge < -0.3 is 10.1 Å². The van der Waals surface area contributed by atoms with Crippen molar-refractivity contribution in [3.63, 3.8) is 0 Å². The summed E-state index contributed by atoms with van der Waals surface area (Å²) in [4.78, 5) is 27.2. The number of methoxy groups -OCH3 is 1. The van der Waals surface area contributed by atoms with Gasteiger partial charge in [0.05, 0.1) is 12.7 Å². The van der Waals surface area contributed by atoms with E-state index in [1.165, 1.54) is 7.11 Å². The summed E-state index contributed by atoms with van der Waals surface area (Å²) in [6, 6.07) is 9.77. The quantitative estimate of drug-likeness (QED) is 0.876. The van der Waals surface area contributed by atoms with Crippen molar-refractivity contribution in [1.82, 2.24) is 4.98 Å². The molecular formula is C14H11BrN2O3. The van der Waals surface area contributed by atoms with E-state index in [1.807, 2.05) is 0 Å². The molecule has 20 heavy (non-hydrogen) atoms. The van der Waals surface area contributed by atoms with E-state index in [4.69, 9.17) is 0 Å². The first kappa shape index (κ1) is 14.2. The highest BCUT2D eigenvalue weighted by molar-refractivity contribution is 9.10. The summed E-state index contributed by atoms with van der Waals surface area (Å²) in [7, 11) is 1.32. The van der Waals surface area contributed by atoms with Crippen LogP contribution in [0.3, 0.4) is 0 Å². The summed E-state index contributed by atoms with van der Waals surface area (Å²) < 4.78 is 5.40. The van der Waals surface area contributed by atoms with E-state index in [0.29, 0.717) is 16.9 Å². The molecule has 0 saturated heterocycles. The van der Waals surface area contributed by atoms with E-state index in [-0.39, 0.29) is 5.91 Å². The van der Waals surface area contributed by atoms with Gasteiger partial charge in [0.2, 0.25) is 0 Å². The molecule has 1 amide bonds. The summed E-state index contributed by atoms with van der Waals surface area (Å²) in [5.74, 6) is -0.735. The van der Waals surface area contributed by atoms with E-state index in [0.717, 1.165) is 4.47 Å². The van der Waals surface area contributed by atoms with Crippen LogP contribution in [0.1, 0.15) is 20.8 Å². The van der Waals surface area contributed by atoms with Gasteiger partial charge in [-0.15, -0.1) is 0 Å². The summed E-state index contributed by atoms with van der Waals surface area (Å²) in [5, 5.41) is 2.69. The Hall–Kier alpha value is -2.21. The number of esters is 1. The lowest BCUT2D eigenvalue weighted by Crippen LogP contribution is -2.13. The number of benzene rings is 1. The number of carbonyl (C=O) groups excluding carboxylic acids is 2. The molecule has 0 bridgehead atoms. The van der Waals surface area contributed by atoms with Crippen LogP contribution in [0.2, 0.25) is 0 Å². The normalized spacial score (nSPS) is 9.90. The van der Waals surface area contributed by atoms with E-state index in [2.05, 4.69) is 31.0 Å². The Morgan fingerprint density at radius 2 is 1.85 bits per heavy atom. The molecule has 5 nitrogen and oxygen atoms in total. The zero-order chi connectivity index (χ0) is 14.5. The Morgan fingerprint density at radius 3 is 2.40 bits per heavy atom. The lowest BCUT2D eigenvalue weighted by molar-refractivity contribution is 0.0600. The second kappa shape index (κ2) is 6.29. The minimum Gasteiger partial charge on any atom is -0.465 e. The number of hydrogen-bond acceptors (Lipinski definition) is 4. The van der Waals surface area contributed by atoms with Gasteiger partial charge in [0.15, 0.2) is 0 Å². The predicted octanol–water partition coefficient (Wildman–Crippen LogP) is 2.88. The molecule has 2 rings (SSSR count). The minimum absolute atomic E-state index is 0.310. The second-order valence-corrected chi connectivity index (χ2v) is 4.80. The van der Waals surface area contributed by atoms with Gasteiger partial charge in [0, 0.05) is 16.4 Å². The molecule has 0 saturated carbocycles. The third-order valence-corrected chi connectivity index (χ3v) is 2.99. The molecule has 0 radical (unpaired) electrons. The fraction of sp³-hybridized carbons (Fsp3) is 0.0714. The molecule has 0 aliphatic rings. The number of carbonyl (C=O) groups is 2. The van der Waals surface area contributed by atoms with Gasteiger partial charge in [0.1, 0.15) is 5.69 Å². The smallest absolute Gasteiger partial charge is 0.337 e. The minimum atomic E-state index is -0.419. The first-order chi connectivity index (χ1) is 9.60. The summed E-state index contributed by atoms with van der Waals surface area (Å²) in [5.41, 5.74) is 1.31. The van der Waals surface area contributed by atoms with Gasteiger partial charge in [-0.3, -0.25) is 4.79 Å². The van der Waals surface area contributed by atoms with Crippen LogP contribution in [0.5, 0.6) is 0 Å². The van der Waals surface area contributed by atoms with Crippen LogP contribution in [-0.2, 0) is 4.74 Å². The number of anilines is 1. The number of hydrogen-bond donors (Lipinski definition) is 1. The third-order valence-electron chi connectivity index (χ3n) is 2.52. The number of nitrogens with one attached hydrogen (secondary N) is 1. The third kappa shape index (κ3) is 3.42. The molecule has 0 aliphatic carbocycles. The number of rotatable bonds is 3.